The highest BCUT2D eigenvalue weighted by atomic mass is 19.4. The van der Waals surface area contributed by atoms with Crippen molar-refractivity contribution in [2.24, 2.45) is 0 Å². The molecule has 1 heterocycles. The lowest BCUT2D eigenvalue weighted by molar-refractivity contribution is -0.134. The summed E-state index contributed by atoms with van der Waals surface area (Å²) in [6.45, 7) is 4.90. The molecule has 0 bridgehead atoms. The smallest absolute Gasteiger partial charge is 0.339 e. The van der Waals surface area contributed by atoms with Crippen molar-refractivity contribution in [3.63, 3.8) is 0 Å². The fourth-order valence-electron chi connectivity index (χ4n) is 1.38. The van der Waals surface area contributed by atoms with Gasteiger partial charge in [-0.25, -0.2) is 0 Å². The first-order valence-corrected chi connectivity index (χ1v) is 5.98. The Labute approximate surface area is 104 Å². The molecular weight excluding hydrogens is 247 g/mol. The van der Waals surface area contributed by atoms with E-state index in [9.17, 15) is 13.2 Å². The molecule has 0 radical (unpaired) electrons. The molecule has 0 atom stereocenters. The highest BCUT2D eigenvalue weighted by Gasteiger charge is 2.27. The molecular formula is C11H18F3N3O. The first kappa shape index (κ1) is 14.9. The second kappa shape index (κ2) is 6.72. The SMILES string of the molecule is CC(C)NCCCc1nc(CCC(F)(F)F)no1. The lowest BCUT2D eigenvalue weighted by Crippen LogP contribution is -2.23. The molecule has 0 unspecified atom stereocenters. The van der Waals surface area contributed by atoms with Crippen LogP contribution < -0.4 is 5.32 Å². The third-order valence-corrected chi connectivity index (χ3v) is 2.26. The van der Waals surface area contributed by atoms with E-state index in [0.29, 0.717) is 18.4 Å². The van der Waals surface area contributed by atoms with E-state index >= 15 is 0 Å². The predicted molar refractivity (Wildman–Crippen MR) is 60.1 cm³/mol. The molecule has 0 spiro atoms. The minimum Gasteiger partial charge on any atom is -0.339 e. The van der Waals surface area contributed by atoms with Crippen LogP contribution in [0, 0.1) is 0 Å². The molecule has 7 heteroatoms. The van der Waals surface area contributed by atoms with Crippen LogP contribution in [0.4, 0.5) is 13.2 Å². The number of hydrogen-bond acceptors (Lipinski definition) is 4. The second-order valence-electron chi connectivity index (χ2n) is 4.43. The summed E-state index contributed by atoms with van der Waals surface area (Å²) in [5, 5.41) is 6.76. The molecule has 0 amide bonds. The fourth-order valence-corrected chi connectivity index (χ4v) is 1.38. The van der Waals surface area contributed by atoms with E-state index in [-0.39, 0.29) is 12.2 Å². The number of rotatable bonds is 7. The number of nitrogens with zero attached hydrogens (tertiary/aromatic N) is 2. The summed E-state index contributed by atoms with van der Waals surface area (Å²) < 4.78 is 40.8. The van der Waals surface area contributed by atoms with Gasteiger partial charge in [-0.15, -0.1) is 0 Å². The number of aromatic nitrogens is 2. The molecule has 0 aromatic carbocycles. The summed E-state index contributed by atoms with van der Waals surface area (Å²) in [5.41, 5.74) is 0. The van der Waals surface area contributed by atoms with Crippen LogP contribution in [0.5, 0.6) is 0 Å². The summed E-state index contributed by atoms with van der Waals surface area (Å²) in [4.78, 5) is 3.92. The molecule has 1 aromatic rings. The monoisotopic (exact) mass is 265 g/mol. The first-order valence-electron chi connectivity index (χ1n) is 5.98. The lowest BCUT2D eigenvalue weighted by Gasteiger charge is -2.05. The van der Waals surface area contributed by atoms with Gasteiger partial charge >= 0.3 is 6.18 Å². The van der Waals surface area contributed by atoms with Crippen molar-refractivity contribution in [1.29, 1.82) is 0 Å². The van der Waals surface area contributed by atoms with Crippen molar-refractivity contribution in [1.82, 2.24) is 15.5 Å². The summed E-state index contributed by atoms with van der Waals surface area (Å²) >= 11 is 0. The minimum absolute atomic E-state index is 0.124. The average molecular weight is 265 g/mol. The Hall–Kier alpha value is -1.11. The van der Waals surface area contributed by atoms with Crippen LogP contribution in [-0.2, 0) is 12.8 Å². The molecule has 0 fully saturated rings. The van der Waals surface area contributed by atoms with E-state index in [2.05, 4.69) is 15.5 Å². The van der Waals surface area contributed by atoms with Gasteiger partial charge in [0.2, 0.25) is 5.89 Å². The minimum atomic E-state index is -4.18. The lowest BCUT2D eigenvalue weighted by atomic mass is 10.3. The molecule has 1 rings (SSSR count). The summed E-state index contributed by atoms with van der Waals surface area (Å²) in [6, 6.07) is 0.412. The molecule has 0 saturated carbocycles. The molecule has 0 aliphatic heterocycles. The van der Waals surface area contributed by atoms with Gasteiger partial charge in [-0.1, -0.05) is 19.0 Å². The third-order valence-electron chi connectivity index (χ3n) is 2.26. The van der Waals surface area contributed by atoms with Gasteiger partial charge in [0.25, 0.3) is 0 Å². The van der Waals surface area contributed by atoms with E-state index in [1.54, 1.807) is 0 Å². The number of alkyl halides is 3. The van der Waals surface area contributed by atoms with Gasteiger partial charge < -0.3 is 9.84 Å². The highest BCUT2D eigenvalue weighted by molar-refractivity contribution is 4.87. The van der Waals surface area contributed by atoms with Crippen molar-refractivity contribution in [2.75, 3.05) is 6.54 Å². The largest absolute Gasteiger partial charge is 0.389 e. The van der Waals surface area contributed by atoms with Gasteiger partial charge in [-0.2, -0.15) is 18.2 Å². The molecule has 1 N–H and O–H groups in total. The van der Waals surface area contributed by atoms with Gasteiger partial charge in [-0.3, -0.25) is 0 Å². The summed E-state index contributed by atoms with van der Waals surface area (Å²) in [6.07, 6.45) is -3.92. The molecule has 1 aromatic heterocycles. The number of halogens is 3. The van der Waals surface area contributed by atoms with E-state index in [1.807, 2.05) is 13.8 Å². The quantitative estimate of drug-likeness (QED) is 0.769. The van der Waals surface area contributed by atoms with Crippen LogP contribution in [0.2, 0.25) is 0 Å². The third kappa shape index (κ3) is 6.58. The molecule has 0 aliphatic carbocycles. The Bertz CT molecular complexity index is 350. The Balaban J connectivity index is 2.26. The Morgan fingerprint density at radius 1 is 1.28 bits per heavy atom. The maximum atomic E-state index is 12.0. The van der Waals surface area contributed by atoms with Gasteiger partial charge in [0.15, 0.2) is 5.82 Å². The fraction of sp³-hybridized carbons (Fsp3) is 0.818. The van der Waals surface area contributed by atoms with Gasteiger partial charge in [0.1, 0.15) is 0 Å². The molecule has 104 valence electrons. The van der Waals surface area contributed by atoms with E-state index in [4.69, 9.17) is 4.52 Å². The van der Waals surface area contributed by atoms with Crippen molar-refractivity contribution in [3.8, 4) is 0 Å². The van der Waals surface area contributed by atoms with Crippen molar-refractivity contribution < 1.29 is 17.7 Å². The number of hydrogen-bond donors (Lipinski definition) is 1. The van der Waals surface area contributed by atoms with Gasteiger partial charge in [0.05, 0.1) is 6.42 Å². The van der Waals surface area contributed by atoms with Crippen LogP contribution in [0.25, 0.3) is 0 Å². The van der Waals surface area contributed by atoms with Gasteiger partial charge in [0, 0.05) is 18.9 Å². The zero-order chi connectivity index (χ0) is 13.6. The van der Waals surface area contributed by atoms with Crippen LogP contribution in [0.15, 0.2) is 4.52 Å². The van der Waals surface area contributed by atoms with E-state index < -0.39 is 12.6 Å². The Kier molecular flexibility index (Phi) is 5.58. The molecule has 4 nitrogen and oxygen atoms in total. The van der Waals surface area contributed by atoms with Crippen LogP contribution >= 0.6 is 0 Å². The zero-order valence-corrected chi connectivity index (χ0v) is 10.5. The average Bonchev–Trinajstić information content (AvgIpc) is 2.68. The highest BCUT2D eigenvalue weighted by Crippen LogP contribution is 2.21. The van der Waals surface area contributed by atoms with Crippen LogP contribution in [0.3, 0.4) is 0 Å². The van der Waals surface area contributed by atoms with Crippen molar-refractivity contribution in [2.45, 2.75) is 51.7 Å². The zero-order valence-electron chi connectivity index (χ0n) is 10.5. The standard InChI is InChI=1S/C11H18F3N3O/c1-8(2)15-7-3-4-10-16-9(17-18-10)5-6-11(12,13)14/h8,15H,3-7H2,1-2H3. The normalized spacial score (nSPS) is 12.3. The van der Waals surface area contributed by atoms with Crippen molar-refractivity contribution in [3.05, 3.63) is 11.7 Å². The predicted octanol–water partition coefficient (Wildman–Crippen LogP) is 2.50. The molecule has 18 heavy (non-hydrogen) atoms. The molecule has 0 saturated heterocycles. The Morgan fingerprint density at radius 3 is 2.61 bits per heavy atom. The first-order chi connectivity index (χ1) is 8.37. The summed E-state index contributed by atoms with van der Waals surface area (Å²) in [5.74, 6) is 0.525. The number of nitrogens with one attached hydrogen (secondary N) is 1. The number of aryl methyl sites for hydroxylation is 2. The van der Waals surface area contributed by atoms with Gasteiger partial charge in [-0.05, 0) is 13.0 Å². The van der Waals surface area contributed by atoms with Crippen molar-refractivity contribution >= 4 is 0 Å². The van der Waals surface area contributed by atoms with Crippen LogP contribution in [0.1, 0.15) is 38.4 Å². The molecule has 0 aliphatic rings. The maximum absolute atomic E-state index is 12.0. The maximum Gasteiger partial charge on any atom is 0.389 e. The van der Waals surface area contributed by atoms with E-state index in [0.717, 1.165) is 13.0 Å². The van der Waals surface area contributed by atoms with Crippen LogP contribution in [-0.4, -0.2) is 28.9 Å². The van der Waals surface area contributed by atoms with E-state index in [1.165, 1.54) is 0 Å². The Morgan fingerprint density at radius 2 is 2.00 bits per heavy atom. The summed E-state index contributed by atoms with van der Waals surface area (Å²) in [7, 11) is 0. The topological polar surface area (TPSA) is 51.0 Å². The second-order valence-corrected chi connectivity index (χ2v) is 4.43.